The Balaban J connectivity index is 1.64. The second-order valence-electron chi connectivity index (χ2n) is 7.08. The van der Waals surface area contributed by atoms with Gasteiger partial charge in [0.1, 0.15) is 5.75 Å². The second kappa shape index (κ2) is 7.70. The number of nitrogens with zero attached hydrogens (tertiary/aromatic N) is 1. The van der Waals surface area contributed by atoms with Gasteiger partial charge < -0.3 is 15.3 Å². The van der Waals surface area contributed by atoms with Crippen LogP contribution in [-0.2, 0) is 25.9 Å². The Bertz CT molecular complexity index is 751. The molecule has 4 nitrogen and oxygen atoms in total. The van der Waals surface area contributed by atoms with E-state index in [4.69, 9.17) is 0 Å². The Hall–Kier alpha value is -2.33. The van der Waals surface area contributed by atoms with Crippen molar-refractivity contribution in [2.45, 2.75) is 38.8 Å². The summed E-state index contributed by atoms with van der Waals surface area (Å²) in [5.74, 6) is -0.136. The molecule has 2 N–H and O–H groups in total. The van der Waals surface area contributed by atoms with Crippen LogP contribution in [0.4, 0.5) is 0 Å². The fourth-order valence-corrected chi connectivity index (χ4v) is 3.36. The van der Waals surface area contributed by atoms with E-state index in [0.29, 0.717) is 12.1 Å². The number of aromatic hydroxyl groups is 1. The van der Waals surface area contributed by atoms with E-state index >= 15 is 0 Å². The summed E-state index contributed by atoms with van der Waals surface area (Å²) in [5.41, 5.74) is 5.05. The molecular formula is C21H26N2O2. The van der Waals surface area contributed by atoms with Gasteiger partial charge in [-0.2, -0.15) is 0 Å². The third-order valence-corrected chi connectivity index (χ3v) is 4.68. The first-order valence-corrected chi connectivity index (χ1v) is 8.88. The van der Waals surface area contributed by atoms with E-state index in [1.165, 1.54) is 16.7 Å². The van der Waals surface area contributed by atoms with Crippen molar-refractivity contribution >= 4 is 5.91 Å². The Kier molecular flexibility index (Phi) is 5.39. The molecule has 0 spiro atoms. The van der Waals surface area contributed by atoms with E-state index < -0.39 is 0 Å². The van der Waals surface area contributed by atoms with Crippen molar-refractivity contribution in [3.63, 3.8) is 0 Å². The molecule has 1 aliphatic carbocycles. The molecule has 0 aliphatic heterocycles. The molecule has 1 aliphatic rings. The number of carbonyl (C=O) groups is 1. The number of benzene rings is 2. The summed E-state index contributed by atoms with van der Waals surface area (Å²) < 4.78 is 0. The van der Waals surface area contributed by atoms with Crippen molar-refractivity contribution < 1.29 is 9.90 Å². The maximum Gasteiger partial charge on any atom is 0.255 e. The monoisotopic (exact) mass is 338 g/mol. The van der Waals surface area contributed by atoms with Crippen LogP contribution in [0.5, 0.6) is 5.75 Å². The molecule has 0 saturated heterocycles. The average Bonchev–Trinajstić information content (AvgIpc) is 2.60. The number of hydrogen-bond donors (Lipinski definition) is 2. The molecule has 0 saturated carbocycles. The molecule has 0 fully saturated rings. The second-order valence-corrected chi connectivity index (χ2v) is 7.08. The fourth-order valence-electron chi connectivity index (χ4n) is 3.36. The van der Waals surface area contributed by atoms with Crippen molar-refractivity contribution in [3.05, 3.63) is 64.2 Å². The zero-order valence-corrected chi connectivity index (χ0v) is 15.0. The number of carbonyl (C=O) groups excluding carboxylic acids is 1. The third kappa shape index (κ3) is 4.40. The number of aryl methyl sites for hydroxylation is 2. The number of nitrogens with one attached hydrogen (secondary N) is 1. The highest BCUT2D eigenvalue weighted by molar-refractivity contribution is 5.97. The number of amides is 1. The van der Waals surface area contributed by atoms with Crippen LogP contribution in [0.25, 0.3) is 0 Å². The minimum absolute atomic E-state index is 0.0829. The van der Waals surface area contributed by atoms with E-state index in [1.54, 1.807) is 6.07 Å². The number of phenols is 1. The summed E-state index contributed by atoms with van der Waals surface area (Å²) in [7, 11) is 4.08. The Morgan fingerprint density at radius 3 is 2.28 bits per heavy atom. The number of fused-ring (bicyclic) bond motifs is 1. The number of phenolic OH excluding ortho intramolecular Hbond substituents is 1. The van der Waals surface area contributed by atoms with Crippen LogP contribution in [-0.4, -0.2) is 30.0 Å². The summed E-state index contributed by atoms with van der Waals surface area (Å²) in [6.07, 6.45) is 4.28. The zero-order chi connectivity index (χ0) is 17.8. The lowest BCUT2D eigenvalue weighted by Gasteiger charge is -2.17. The van der Waals surface area contributed by atoms with E-state index in [9.17, 15) is 9.90 Å². The fraction of sp³-hybridized carbons (Fsp3) is 0.381. The van der Waals surface area contributed by atoms with Crippen LogP contribution >= 0.6 is 0 Å². The molecule has 3 rings (SSSR count). The van der Waals surface area contributed by atoms with Crippen LogP contribution in [0.3, 0.4) is 0 Å². The first-order chi connectivity index (χ1) is 12.0. The molecule has 0 aromatic heterocycles. The first-order valence-electron chi connectivity index (χ1n) is 8.88. The van der Waals surface area contributed by atoms with Crippen LogP contribution in [0, 0.1) is 0 Å². The highest BCUT2D eigenvalue weighted by Crippen LogP contribution is 2.28. The van der Waals surface area contributed by atoms with Gasteiger partial charge in [0.15, 0.2) is 0 Å². The van der Waals surface area contributed by atoms with Crippen LogP contribution in [0.1, 0.15) is 45.5 Å². The standard InChI is InChI=1S/C21H26N2O2/c1-23(2)14-16-9-7-15(8-10-16)13-22-21(25)19-11-17-5-3-4-6-18(17)12-20(19)24/h7-12,24H,3-6,13-14H2,1-2H3,(H,22,25). The van der Waals surface area contributed by atoms with E-state index in [2.05, 4.69) is 22.3 Å². The molecule has 132 valence electrons. The highest BCUT2D eigenvalue weighted by atomic mass is 16.3. The molecule has 0 bridgehead atoms. The minimum Gasteiger partial charge on any atom is -0.507 e. The maximum atomic E-state index is 12.5. The topological polar surface area (TPSA) is 52.6 Å². The van der Waals surface area contributed by atoms with Gasteiger partial charge in [-0.25, -0.2) is 0 Å². The summed E-state index contributed by atoms with van der Waals surface area (Å²) in [4.78, 5) is 14.6. The van der Waals surface area contributed by atoms with Crippen molar-refractivity contribution in [1.29, 1.82) is 0 Å². The van der Waals surface area contributed by atoms with Crippen molar-refractivity contribution in [3.8, 4) is 5.75 Å². The lowest BCUT2D eigenvalue weighted by molar-refractivity contribution is 0.0948. The number of hydrogen-bond acceptors (Lipinski definition) is 3. The summed E-state index contributed by atoms with van der Waals surface area (Å²) in [6.45, 7) is 1.35. The van der Waals surface area contributed by atoms with Gasteiger partial charge in [0.25, 0.3) is 5.91 Å². The van der Waals surface area contributed by atoms with Gasteiger partial charge in [-0.3, -0.25) is 4.79 Å². The Labute approximate surface area is 149 Å². The predicted octanol–water partition coefficient (Wildman–Crippen LogP) is 3.26. The molecule has 2 aromatic rings. The number of rotatable bonds is 5. The van der Waals surface area contributed by atoms with E-state index in [-0.39, 0.29) is 11.7 Å². The van der Waals surface area contributed by atoms with Crippen LogP contribution in [0.2, 0.25) is 0 Å². The van der Waals surface area contributed by atoms with Gasteiger partial charge in [0, 0.05) is 13.1 Å². The molecular weight excluding hydrogens is 312 g/mol. The van der Waals surface area contributed by atoms with Crippen LogP contribution in [0.15, 0.2) is 36.4 Å². The first kappa shape index (κ1) is 17.5. The van der Waals surface area contributed by atoms with Gasteiger partial charge in [0.05, 0.1) is 5.56 Å². The molecule has 0 radical (unpaired) electrons. The van der Waals surface area contributed by atoms with Gasteiger partial charge in [0.2, 0.25) is 0 Å². The Morgan fingerprint density at radius 2 is 1.64 bits per heavy atom. The largest absolute Gasteiger partial charge is 0.507 e. The summed E-state index contributed by atoms with van der Waals surface area (Å²) in [6, 6.07) is 11.9. The molecule has 25 heavy (non-hydrogen) atoms. The maximum absolute atomic E-state index is 12.5. The highest BCUT2D eigenvalue weighted by Gasteiger charge is 2.17. The molecule has 4 heteroatoms. The normalized spacial score (nSPS) is 13.6. The quantitative estimate of drug-likeness (QED) is 0.880. The van der Waals surface area contributed by atoms with Crippen molar-refractivity contribution in [2.24, 2.45) is 0 Å². The van der Waals surface area contributed by atoms with Gasteiger partial charge in [-0.1, -0.05) is 24.3 Å². The van der Waals surface area contributed by atoms with Gasteiger partial charge in [-0.05, 0) is 74.2 Å². The SMILES string of the molecule is CN(C)Cc1ccc(CNC(=O)c2cc3c(cc2O)CCCC3)cc1. The van der Waals surface area contributed by atoms with Gasteiger partial charge >= 0.3 is 0 Å². The third-order valence-electron chi connectivity index (χ3n) is 4.68. The molecule has 0 heterocycles. The average molecular weight is 338 g/mol. The molecule has 0 unspecified atom stereocenters. The zero-order valence-electron chi connectivity index (χ0n) is 15.0. The lowest BCUT2D eigenvalue weighted by atomic mass is 9.90. The predicted molar refractivity (Wildman–Crippen MR) is 99.8 cm³/mol. The van der Waals surface area contributed by atoms with Crippen LogP contribution < -0.4 is 5.32 Å². The van der Waals surface area contributed by atoms with Gasteiger partial charge in [-0.15, -0.1) is 0 Å². The molecule has 0 atom stereocenters. The van der Waals surface area contributed by atoms with E-state index in [1.807, 2.05) is 32.3 Å². The minimum atomic E-state index is -0.219. The summed E-state index contributed by atoms with van der Waals surface area (Å²) >= 11 is 0. The molecule has 1 amide bonds. The molecule has 2 aromatic carbocycles. The van der Waals surface area contributed by atoms with E-state index in [0.717, 1.165) is 37.8 Å². The summed E-state index contributed by atoms with van der Waals surface area (Å²) in [5, 5.41) is 13.1. The van der Waals surface area contributed by atoms with Crippen molar-refractivity contribution in [1.82, 2.24) is 10.2 Å². The smallest absolute Gasteiger partial charge is 0.255 e. The Morgan fingerprint density at radius 1 is 1.04 bits per heavy atom. The lowest BCUT2D eigenvalue weighted by Crippen LogP contribution is -2.23. The van der Waals surface area contributed by atoms with Crippen molar-refractivity contribution in [2.75, 3.05) is 14.1 Å².